The molecule has 0 spiro atoms. The van der Waals surface area contributed by atoms with Crippen LogP contribution in [-0.4, -0.2) is 6.54 Å². The molecule has 1 aliphatic carbocycles. The average molecular weight is 148 g/mol. The van der Waals surface area contributed by atoms with Crippen LogP contribution in [0.15, 0.2) is 0 Å². The van der Waals surface area contributed by atoms with Gasteiger partial charge in [-0.25, -0.2) is 6.57 Å². The third kappa shape index (κ3) is 1.71. The molecule has 0 bridgehead atoms. The molecule has 0 aromatic rings. The highest BCUT2D eigenvalue weighted by Gasteiger charge is 2.35. The van der Waals surface area contributed by atoms with E-state index in [9.17, 15) is 0 Å². The van der Waals surface area contributed by atoms with Gasteiger partial charge in [-0.3, -0.25) is 0 Å². The van der Waals surface area contributed by atoms with Crippen molar-refractivity contribution in [1.29, 1.82) is 5.26 Å². The first-order valence-corrected chi connectivity index (χ1v) is 4.07. The van der Waals surface area contributed by atoms with E-state index >= 15 is 0 Å². The molecule has 0 radical (unpaired) electrons. The number of hydrogen-bond acceptors (Lipinski definition) is 1. The highest BCUT2D eigenvalue weighted by Crippen LogP contribution is 2.35. The van der Waals surface area contributed by atoms with Gasteiger partial charge in [0.05, 0.1) is 6.07 Å². The minimum absolute atomic E-state index is 0.278. The molecule has 58 valence electrons. The van der Waals surface area contributed by atoms with Crippen LogP contribution in [0.1, 0.15) is 32.1 Å². The predicted octanol–water partition coefficient (Wildman–Crippen LogP) is 2.38. The van der Waals surface area contributed by atoms with Crippen molar-refractivity contribution < 1.29 is 0 Å². The van der Waals surface area contributed by atoms with Gasteiger partial charge in [0.25, 0.3) is 0 Å². The summed E-state index contributed by atoms with van der Waals surface area (Å²) in [5.41, 5.74) is -0.278. The average Bonchev–Trinajstić information content (AvgIpc) is 2.07. The Morgan fingerprint density at radius 1 is 1.36 bits per heavy atom. The van der Waals surface area contributed by atoms with E-state index < -0.39 is 0 Å². The van der Waals surface area contributed by atoms with E-state index in [-0.39, 0.29) is 5.41 Å². The summed E-state index contributed by atoms with van der Waals surface area (Å²) in [4.78, 5) is 3.33. The molecule has 2 heteroatoms. The highest BCUT2D eigenvalue weighted by atomic mass is 14.7. The first-order chi connectivity index (χ1) is 5.33. The second-order valence-electron chi connectivity index (χ2n) is 3.27. The largest absolute Gasteiger partial charge is 0.315 e. The van der Waals surface area contributed by atoms with Gasteiger partial charge in [0.1, 0.15) is 5.41 Å². The molecular weight excluding hydrogens is 136 g/mol. The van der Waals surface area contributed by atoms with E-state index in [1.807, 2.05) is 0 Å². The van der Waals surface area contributed by atoms with Crippen LogP contribution >= 0.6 is 0 Å². The first-order valence-electron chi connectivity index (χ1n) is 4.07. The Labute approximate surface area is 67.6 Å². The van der Waals surface area contributed by atoms with Gasteiger partial charge in [0.2, 0.25) is 6.54 Å². The summed E-state index contributed by atoms with van der Waals surface area (Å²) in [6.45, 7) is 7.15. The van der Waals surface area contributed by atoms with Gasteiger partial charge in [-0.15, -0.1) is 0 Å². The van der Waals surface area contributed by atoms with Crippen LogP contribution in [0.25, 0.3) is 4.85 Å². The summed E-state index contributed by atoms with van der Waals surface area (Å²) in [6, 6.07) is 2.30. The van der Waals surface area contributed by atoms with Crippen LogP contribution < -0.4 is 0 Å². The van der Waals surface area contributed by atoms with E-state index in [0.29, 0.717) is 6.54 Å². The quantitative estimate of drug-likeness (QED) is 0.525. The van der Waals surface area contributed by atoms with Crippen LogP contribution in [0.4, 0.5) is 0 Å². The van der Waals surface area contributed by atoms with Crippen molar-refractivity contribution in [1.82, 2.24) is 0 Å². The molecule has 1 rings (SSSR count). The minimum Gasteiger partial charge on any atom is -0.315 e. The molecule has 0 saturated heterocycles. The molecule has 1 saturated carbocycles. The molecule has 11 heavy (non-hydrogen) atoms. The van der Waals surface area contributed by atoms with Crippen molar-refractivity contribution in [3.63, 3.8) is 0 Å². The first kappa shape index (κ1) is 8.08. The molecule has 1 aliphatic rings. The molecule has 1 fully saturated rings. The van der Waals surface area contributed by atoms with Crippen molar-refractivity contribution in [2.75, 3.05) is 6.54 Å². The Morgan fingerprint density at radius 2 is 2.00 bits per heavy atom. The number of nitrogens with zero attached hydrogens (tertiary/aromatic N) is 2. The van der Waals surface area contributed by atoms with Crippen molar-refractivity contribution >= 4 is 0 Å². The fourth-order valence-electron chi connectivity index (χ4n) is 1.69. The van der Waals surface area contributed by atoms with Crippen molar-refractivity contribution in [3.8, 4) is 6.07 Å². The van der Waals surface area contributed by atoms with E-state index in [1.54, 1.807) is 0 Å². The summed E-state index contributed by atoms with van der Waals surface area (Å²) in [7, 11) is 0. The van der Waals surface area contributed by atoms with Crippen molar-refractivity contribution in [2.24, 2.45) is 5.41 Å². The second-order valence-corrected chi connectivity index (χ2v) is 3.27. The fraction of sp³-hybridized carbons (Fsp3) is 0.778. The molecule has 0 amide bonds. The maximum atomic E-state index is 8.88. The molecule has 0 heterocycles. The lowest BCUT2D eigenvalue weighted by Crippen LogP contribution is -2.24. The molecule has 2 nitrogen and oxygen atoms in total. The predicted molar refractivity (Wildman–Crippen MR) is 42.6 cm³/mol. The smallest absolute Gasteiger partial charge is 0.233 e. The molecule has 0 N–H and O–H groups in total. The summed E-state index contributed by atoms with van der Waals surface area (Å²) >= 11 is 0. The Balaban J connectivity index is 2.60. The van der Waals surface area contributed by atoms with E-state index in [2.05, 4.69) is 10.9 Å². The van der Waals surface area contributed by atoms with Crippen LogP contribution in [0.5, 0.6) is 0 Å². The van der Waals surface area contributed by atoms with Crippen molar-refractivity contribution in [2.45, 2.75) is 32.1 Å². The molecule has 0 aromatic heterocycles. The zero-order valence-corrected chi connectivity index (χ0v) is 6.64. The molecule has 0 unspecified atom stereocenters. The van der Waals surface area contributed by atoms with Gasteiger partial charge in [-0.05, 0) is 12.8 Å². The maximum absolute atomic E-state index is 8.88. The van der Waals surface area contributed by atoms with Crippen LogP contribution in [0, 0.1) is 23.3 Å². The van der Waals surface area contributed by atoms with Crippen LogP contribution in [-0.2, 0) is 0 Å². The Kier molecular flexibility index (Phi) is 2.49. The van der Waals surface area contributed by atoms with Gasteiger partial charge in [0.15, 0.2) is 0 Å². The van der Waals surface area contributed by atoms with E-state index in [0.717, 1.165) is 25.7 Å². The third-order valence-corrected chi connectivity index (χ3v) is 2.43. The standard InChI is InChI=1S/C9H12N2/c1-11-8-9(7-10)5-3-2-4-6-9/h2-6,8H2. The number of nitriles is 1. The molecule has 0 aliphatic heterocycles. The number of hydrogen-bond donors (Lipinski definition) is 0. The molecular formula is C9H12N2. The summed E-state index contributed by atoms with van der Waals surface area (Å²) in [6.07, 6.45) is 5.37. The van der Waals surface area contributed by atoms with E-state index in [4.69, 9.17) is 11.8 Å². The Morgan fingerprint density at radius 3 is 2.45 bits per heavy atom. The maximum Gasteiger partial charge on any atom is 0.233 e. The lowest BCUT2D eigenvalue weighted by Gasteiger charge is -2.24. The normalized spacial score (nSPS) is 21.6. The fourth-order valence-corrected chi connectivity index (χ4v) is 1.69. The topological polar surface area (TPSA) is 28.1 Å². The third-order valence-electron chi connectivity index (χ3n) is 2.43. The zero-order valence-electron chi connectivity index (χ0n) is 6.64. The van der Waals surface area contributed by atoms with Gasteiger partial charge in [0, 0.05) is 0 Å². The Bertz CT molecular complexity index is 201. The second kappa shape index (κ2) is 3.39. The number of rotatable bonds is 1. The van der Waals surface area contributed by atoms with Gasteiger partial charge in [-0.1, -0.05) is 19.3 Å². The summed E-state index contributed by atoms with van der Waals surface area (Å²) in [5, 5.41) is 8.88. The zero-order chi connectivity index (χ0) is 8.16. The lowest BCUT2D eigenvalue weighted by molar-refractivity contribution is 0.290. The Hall–Kier alpha value is -1.02. The van der Waals surface area contributed by atoms with Gasteiger partial charge in [-0.2, -0.15) is 5.26 Å². The van der Waals surface area contributed by atoms with Gasteiger partial charge < -0.3 is 4.85 Å². The SMILES string of the molecule is [C-]#[N+]CC1(C#N)CCCCC1. The van der Waals surface area contributed by atoms with Crippen LogP contribution in [0.2, 0.25) is 0 Å². The summed E-state index contributed by atoms with van der Waals surface area (Å²) < 4.78 is 0. The lowest BCUT2D eigenvalue weighted by atomic mass is 9.75. The highest BCUT2D eigenvalue weighted by molar-refractivity contribution is 5.04. The molecule has 0 atom stereocenters. The van der Waals surface area contributed by atoms with Crippen molar-refractivity contribution in [3.05, 3.63) is 11.4 Å². The minimum atomic E-state index is -0.278. The summed E-state index contributed by atoms with van der Waals surface area (Å²) in [5.74, 6) is 0. The monoisotopic (exact) mass is 148 g/mol. The molecule has 0 aromatic carbocycles. The van der Waals surface area contributed by atoms with Crippen LogP contribution in [0.3, 0.4) is 0 Å². The van der Waals surface area contributed by atoms with Gasteiger partial charge >= 0.3 is 0 Å². The van der Waals surface area contributed by atoms with E-state index in [1.165, 1.54) is 6.42 Å².